The minimum absolute atomic E-state index is 0.0602. The number of hydrogen-bond acceptors (Lipinski definition) is 7. The fourth-order valence-electron chi connectivity index (χ4n) is 3.68. The van der Waals surface area contributed by atoms with Crippen molar-refractivity contribution >= 4 is 27.1 Å². The smallest absolute Gasteiger partial charge is 0.288 e. The SMILES string of the molecule is Cc1c(F)cccc1[C@H](Nc1cnc(C(=O)N[C@H](C)/C=C/S(C)(=O)=O)n2cnnc12)C1CC1. The lowest BCUT2D eigenvalue weighted by molar-refractivity contribution is 0.0935. The molecule has 174 valence electrons. The fraction of sp³-hybridized carbons (Fsp3) is 0.364. The number of carbonyl (C=O) groups is 1. The van der Waals surface area contributed by atoms with Gasteiger partial charge in [-0.2, -0.15) is 0 Å². The lowest BCUT2D eigenvalue weighted by Crippen LogP contribution is -2.33. The first-order valence-corrected chi connectivity index (χ1v) is 12.5. The summed E-state index contributed by atoms with van der Waals surface area (Å²) in [6.07, 6.45) is 7.42. The van der Waals surface area contributed by atoms with Crippen LogP contribution in [0.1, 0.15) is 47.6 Å². The molecule has 0 spiro atoms. The van der Waals surface area contributed by atoms with Gasteiger partial charge in [0.1, 0.15) is 12.1 Å². The van der Waals surface area contributed by atoms with Crippen molar-refractivity contribution in [3.63, 3.8) is 0 Å². The van der Waals surface area contributed by atoms with Crippen LogP contribution in [0.15, 0.2) is 42.2 Å². The number of nitrogens with one attached hydrogen (secondary N) is 2. The van der Waals surface area contributed by atoms with Crippen molar-refractivity contribution in [1.82, 2.24) is 24.9 Å². The molecule has 0 aliphatic heterocycles. The third kappa shape index (κ3) is 5.19. The molecule has 4 rings (SSSR count). The molecule has 2 aromatic heterocycles. The van der Waals surface area contributed by atoms with Gasteiger partial charge in [0.05, 0.1) is 17.9 Å². The number of aromatic nitrogens is 4. The molecule has 3 aromatic rings. The molecule has 0 radical (unpaired) electrons. The molecule has 1 saturated carbocycles. The summed E-state index contributed by atoms with van der Waals surface area (Å²) in [6, 6.07) is 4.40. The van der Waals surface area contributed by atoms with Crippen LogP contribution >= 0.6 is 0 Å². The van der Waals surface area contributed by atoms with E-state index in [2.05, 4.69) is 25.8 Å². The van der Waals surface area contributed by atoms with Crippen LogP contribution in [0, 0.1) is 18.7 Å². The van der Waals surface area contributed by atoms with E-state index in [1.807, 2.05) is 6.07 Å². The Kier molecular flexibility index (Phi) is 6.15. The number of rotatable bonds is 8. The van der Waals surface area contributed by atoms with Crippen molar-refractivity contribution in [2.75, 3.05) is 11.6 Å². The monoisotopic (exact) mass is 472 g/mol. The summed E-state index contributed by atoms with van der Waals surface area (Å²) in [5.74, 6) is -0.336. The predicted octanol–water partition coefficient (Wildman–Crippen LogP) is 2.81. The molecule has 0 saturated heterocycles. The zero-order valence-electron chi connectivity index (χ0n) is 18.5. The standard InChI is InChI=1S/C22H25FN6O3S/c1-13(9-10-33(3,31)32)26-22(30)21-24-11-18(20-28-25-12-29(20)21)27-19(15-7-8-15)16-5-4-6-17(23)14(16)2/h4-6,9-13,15,19,27H,7-8H2,1-3H3,(H,26,30)/b10-9+/t13-,19-/m1/s1. The molecule has 9 nitrogen and oxygen atoms in total. The second-order valence-corrected chi connectivity index (χ2v) is 10.3. The van der Waals surface area contributed by atoms with Gasteiger partial charge >= 0.3 is 0 Å². The molecule has 0 bridgehead atoms. The second-order valence-electron chi connectivity index (χ2n) is 8.35. The molecule has 2 atom stereocenters. The van der Waals surface area contributed by atoms with Crippen LogP contribution in [0.25, 0.3) is 5.65 Å². The maximum Gasteiger partial charge on any atom is 0.288 e. The van der Waals surface area contributed by atoms with Gasteiger partial charge in [-0.15, -0.1) is 10.2 Å². The molecule has 0 unspecified atom stereocenters. The fourth-order valence-corrected chi connectivity index (χ4v) is 4.20. The number of sulfone groups is 1. The first-order chi connectivity index (χ1) is 15.6. The molecule has 1 fully saturated rings. The van der Waals surface area contributed by atoms with E-state index < -0.39 is 21.8 Å². The molecule has 2 heterocycles. The predicted molar refractivity (Wildman–Crippen MR) is 122 cm³/mol. The number of halogens is 1. The minimum atomic E-state index is -3.30. The van der Waals surface area contributed by atoms with Gasteiger partial charge in [-0.1, -0.05) is 18.2 Å². The van der Waals surface area contributed by atoms with E-state index >= 15 is 0 Å². The number of hydrogen-bond donors (Lipinski definition) is 2. The van der Waals surface area contributed by atoms with E-state index in [9.17, 15) is 17.6 Å². The molecule has 2 N–H and O–H groups in total. The number of fused-ring (bicyclic) bond motifs is 1. The molecule has 1 aromatic carbocycles. The third-order valence-corrected chi connectivity index (χ3v) is 6.21. The summed E-state index contributed by atoms with van der Waals surface area (Å²) < 4.78 is 38.2. The average Bonchev–Trinajstić information content (AvgIpc) is 3.47. The van der Waals surface area contributed by atoms with Gasteiger partial charge in [0.2, 0.25) is 5.82 Å². The highest BCUT2D eigenvalue weighted by Gasteiger charge is 2.34. The second kappa shape index (κ2) is 8.89. The molecular weight excluding hydrogens is 447 g/mol. The van der Waals surface area contributed by atoms with Crippen LogP contribution in [0.2, 0.25) is 0 Å². The van der Waals surface area contributed by atoms with Crippen molar-refractivity contribution in [1.29, 1.82) is 0 Å². The summed E-state index contributed by atoms with van der Waals surface area (Å²) >= 11 is 0. The highest BCUT2D eigenvalue weighted by molar-refractivity contribution is 7.93. The first-order valence-electron chi connectivity index (χ1n) is 10.5. The minimum Gasteiger partial charge on any atom is -0.374 e. The number of anilines is 1. The van der Waals surface area contributed by atoms with Crippen LogP contribution < -0.4 is 10.6 Å². The Bertz CT molecular complexity index is 1330. The third-order valence-electron chi connectivity index (χ3n) is 5.56. The Morgan fingerprint density at radius 2 is 2.09 bits per heavy atom. The van der Waals surface area contributed by atoms with Crippen molar-refractivity contribution < 1.29 is 17.6 Å². The summed E-state index contributed by atoms with van der Waals surface area (Å²) in [5, 5.41) is 15.2. The van der Waals surface area contributed by atoms with Gasteiger partial charge in [0, 0.05) is 17.7 Å². The summed E-state index contributed by atoms with van der Waals surface area (Å²) in [4.78, 5) is 17.1. The quantitative estimate of drug-likeness (QED) is 0.517. The van der Waals surface area contributed by atoms with Crippen LogP contribution in [-0.4, -0.2) is 46.2 Å². The van der Waals surface area contributed by atoms with Crippen LogP contribution in [0.5, 0.6) is 0 Å². The lowest BCUT2D eigenvalue weighted by atomic mass is 9.97. The van der Waals surface area contributed by atoms with E-state index in [4.69, 9.17) is 0 Å². The summed E-state index contributed by atoms with van der Waals surface area (Å²) in [5.41, 5.74) is 2.46. The van der Waals surface area contributed by atoms with Crippen molar-refractivity contribution in [3.05, 3.63) is 65.0 Å². The molecule has 11 heteroatoms. The normalized spacial score (nSPS) is 16.1. The average molecular weight is 473 g/mol. The number of nitrogens with zero attached hydrogens (tertiary/aromatic N) is 4. The van der Waals surface area contributed by atoms with Gasteiger partial charge in [0.15, 0.2) is 15.5 Å². The maximum absolute atomic E-state index is 14.2. The Morgan fingerprint density at radius 1 is 1.33 bits per heavy atom. The van der Waals surface area contributed by atoms with Gasteiger partial charge < -0.3 is 10.6 Å². The Morgan fingerprint density at radius 3 is 2.79 bits per heavy atom. The van der Waals surface area contributed by atoms with Gasteiger partial charge in [-0.3, -0.25) is 9.20 Å². The highest BCUT2D eigenvalue weighted by Crippen LogP contribution is 2.44. The first kappa shape index (κ1) is 22.8. The Balaban J connectivity index is 1.60. The number of carbonyl (C=O) groups excluding carboxylic acids is 1. The zero-order valence-corrected chi connectivity index (χ0v) is 19.3. The Hall–Kier alpha value is -3.34. The molecule has 33 heavy (non-hydrogen) atoms. The Labute approximate surface area is 191 Å². The summed E-state index contributed by atoms with van der Waals surface area (Å²) in [6.45, 7) is 3.42. The number of benzene rings is 1. The van der Waals surface area contributed by atoms with Crippen molar-refractivity contribution in [2.24, 2.45) is 5.92 Å². The van der Waals surface area contributed by atoms with E-state index in [0.717, 1.165) is 30.1 Å². The molecule has 1 aliphatic rings. The van der Waals surface area contributed by atoms with Crippen LogP contribution in [0.3, 0.4) is 0 Å². The lowest BCUT2D eigenvalue weighted by Gasteiger charge is -2.22. The number of amides is 1. The maximum atomic E-state index is 14.2. The van der Waals surface area contributed by atoms with Gasteiger partial charge in [-0.05, 0) is 49.8 Å². The van der Waals surface area contributed by atoms with Crippen LogP contribution in [0.4, 0.5) is 10.1 Å². The van der Waals surface area contributed by atoms with Gasteiger partial charge in [-0.25, -0.2) is 17.8 Å². The van der Waals surface area contributed by atoms with E-state index in [-0.39, 0.29) is 17.7 Å². The highest BCUT2D eigenvalue weighted by atomic mass is 32.2. The topological polar surface area (TPSA) is 118 Å². The van der Waals surface area contributed by atoms with E-state index in [1.54, 1.807) is 19.9 Å². The zero-order chi connectivity index (χ0) is 23.8. The van der Waals surface area contributed by atoms with Gasteiger partial charge in [0.25, 0.3) is 5.91 Å². The summed E-state index contributed by atoms with van der Waals surface area (Å²) in [7, 11) is -3.30. The molecular formula is C22H25FN6O3S. The van der Waals surface area contributed by atoms with Crippen molar-refractivity contribution in [2.45, 2.75) is 38.8 Å². The van der Waals surface area contributed by atoms with Crippen molar-refractivity contribution in [3.8, 4) is 0 Å². The van der Waals surface area contributed by atoms with E-state index in [0.29, 0.717) is 22.8 Å². The van der Waals surface area contributed by atoms with E-state index in [1.165, 1.54) is 29.1 Å². The molecule has 1 aliphatic carbocycles. The van der Waals surface area contributed by atoms with Crippen LogP contribution in [-0.2, 0) is 9.84 Å². The largest absolute Gasteiger partial charge is 0.374 e. The molecule has 1 amide bonds.